The number of nitrogens with zero attached hydrogens (tertiary/aromatic N) is 2. The quantitative estimate of drug-likeness (QED) is 0.787. The van der Waals surface area contributed by atoms with Gasteiger partial charge in [-0.3, -0.25) is 0 Å². The van der Waals surface area contributed by atoms with Gasteiger partial charge in [0.05, 0.1) is 11.4 Å². The molecule has 0 aliphatic rings. The largest absolute Gasteiger partial charge is 0.241 e. The fourth-order valence-electron chi connectivity index (χ4n) is 2.11. The molecule has 0 saturated carbocycles. The van der Waals surface area contributed by atoms with Crippen molar-refractivity contribution in [1.29, 1.82) is 0 Å². The van der Waals surface area contributed by atoms with Gasteiger partial charge in [0.1, 0.15) is 0 Å². The van der Waals surface area contributed by atoms with Crippen LogP contribution in [0.15, 0.2) is 36.5 Å². The van der Waals surface area contributed by atoms with Crippen molar-refractivity contribution in [2.45, 2.75) is 52.4 Å². The molecule has 0 fully saturated rings. The predicted octanol–water partition coefficient (Wildman–Crippen LogP) is 4.51. The van der Waals surface area contributed by atoms with Gasteiger partial charge < -0.3 is 0 Å². The van der Waals surface area contributed by atoms with Crippen LogP contribution < -0.4 is 0 Å². The van der Waals surface area contributed by atoms with E-state index in [0.29, 0.717) is 0 Å². The van der Waals surface area contributed by atoms with Crippen LogP contribution in [-0.2, 0) is 11.8 Å². The van der Waals surface area contributed by atoms with Crippen LogP contribution >= 0.6 is 0 Å². The molecule has 0 amide bonds. The standard InChI is InChI=1S/C17H24N2/c1-5-6-7-15-12-13-19(18-15)16-10-8-14(9-11-16)17(2,3)4/h8-13H,5-7H2,1-4H3. The van der Waals surface area contributed by atoms with E-state index in [-0.39, 0.29) is 5.41 Å². The Morgan fingerprint density at radius 2 is 1.74 bits per heavy atom. The van der Waals surface area contributed by atoms with Gasteiger partial charge in [-0.1, -0.05) is 46.2 Å². The summed E-state index contributed by atoms with van der Waals surface area (Å²) < 4.78 is 1.97. The molecule has 0 unspecified atom stereocenters. The lowest BCUT2D eigenvalue weighted by Crippen LogP contribution is -2.10. The second kappa shape index (κ2) is 5.60. The predicted molar refractivity (Wildman–Crippen MR) is 80.9 cm³/mol. The van der Waals surface area contributed by atoms with Gasteiger partial charge in [0.15, 0.2) is 0 Å². The first-order valence-corrected chi connectivity index (χ1v) is 7.16. The van der Waals surface area contributed by atoms with Gasteiger partial charge in [-0.05, 0) is 42.0 Å². The molecule has 0 saturated heterocycles. The lowest BCUT2D eigenvalue weighted by Gasteiger charge is -2.19. The van der Waals surface area contributed by atoms with Crippen molar-refractivity contribution in [3.63, 3.8) is 0 Å². The van der Waals surface area contributed by atoms with Crippen molar-refractivity contribution < 1.29 is 0 Å². The topological polar surface area (TPSA) is 17.8 Å². The second-order valence-corrected chi connectivity index (χ2v) is 6.15. The van der Waals surface area contributed by atoms with Gasteiger partial charge in [0.25, 0.3) is 0 Å². The maximum atomic E-state index is 4.63. The molecular weight excluding hydrogens is 232 g/mol. The highest BCUT2D eigenvalue weighted by molar-refractivity contribution is 5.36. The van der Waals surface area contributed by atoms with Gasteiger partial charge in [0.2, 0.25) is 0 Å². The number of aryl methyl sites for hydroxylation is 1. The first kappa shape index (κ1) is 13.9. The zero-order valence-electron chi connectivity index (χ0n) is 12.5. The monoisotopic (exact) mass is 256 g/mol. The Bertz CT molecular complexity index is 515. The lowest BCUT2D eigenvalue weighted by molar-refractivity contribution is 0.590. The minimum atomic E-state index is 0.203. The molecule has 1 aromatic carbocycles. The van der Waals surface area contributed by atoms with Crippen molar-refractivity contribution in [2.24, 2.45) is 0 Å². The molecule has 19 heavy (non-hydrogen) atoms. The van der Waals surface area contributed by atoms with E-state index in [1.807, 2.05) is 4.68 Å². The van der Waals surface area contributed by atoms with Gasteiger partial charge in [-0.25, -0.2) is 4.68 Å². The highest BCUT2D eigenvalue weighted by atomic mass is 15.3. The molecule has 1 heterocycles. The van der Waals surface area contributed by atoms with Crippen LogP contribution in [0.3, 0.4) is 0 Å². The maximum Gasteiger partial charge on any atom is 0.0645 e. The summed E-state index contributed by atoms with van der Waals surface area (Å²) in [5, 5.41) is 4.63. The van der Waals surface area contributed by atoms with Crippen molar-refractivity contribution in [1.82, 2.24) is 9.78 Å². The minimum absolute atomic E-state index is 0.203. The fraction of sp³-hybridized carbons (Fsp3) is 0.471. The molecule has 1 aromatic heterocycles. The highest BCUT2D eigenvalue weighted by Crippen LogP contribution is 2.23. The van der Waals surface area contributed by atoms with E-state index in [2.05, 4.69) is 69.3 Å². The summed E-state index contributed by atoms with van der Waals surface area (Å²) in [5.41, 5.74) is 3.88. The van der Waals surface area contributed by atoms with Crippen molar-refractivity contribution in [3.8, 4) is 5.69 Å². The molecule has 0 aliphatic carbocycles. The molecule has 2 heteroatoms. The summed E-state index contributed by atoms with van der Waals surface area (Å²) in [6, 6.07) is 10.8. The Labute approximate surface area is 116 Å². The molecule has 2 nitrogen and oxygen atoms in total. The average Bonchev–Trinajstić information content (AvgIpc) is 2.84. The van der Waals surface area contributed by atoms with Gasteiger partial charge in [-0.2, -0.15) is 5.10 Å². The summed E-state index contributed by atoms with van der Waals surface area (Å²) in [6.07, 6.45) is 5.55. The van der Waals surface area contributed by atoms with E-state index in [0.717, 1.165) is 12.1 Å². The lowest BCUT2D eigenvalue weighted by atomic mass is 9.87. The van der Waals surface area contributed by atoms with Crippen LogP contribution in [0.25, 0.3) is 5.69 Å². The first-order valence-electron chi connectivity index (χ1n) is 7.16. The van der Waals surface area contributed by atoms with E-state index in [1.165, 1.54) is 24.1 Å². The molecule has 0 atom stereocenters. The van der Waals surface area contributed by atoms with Crippen LogP contribution in [0, 0.1) is 0 Å². The van der Waals surface area contributed by atoms with Gasteiger partial charge >= 0.3 is 0 Å². The van der Waals surface area contributed by atoms with Crippen LogP contribution in [-0.4, -0.2) is 9.78 Å². The van der Waals surface area contributed by atoms with E-state index < -0.39 is 0 Å². The Balaban J connectivity index is 2.16. The van der Waals surface area contributed by atoms with Crippen LogP contribution in [0.4, 0.5) is 0 Å². The van der Waals surface area contributed by atoms with Crippen molar-refractivity contribution >= 4 is 0 Å². The zero-order valence-corrected chi connectivity index (χ0v) is 12.5. The molecule has 0 N–H and O–H groups in total. The molecule has 0 radical (unpaired) electrons. The first-order chi connectivity index (χ1) is 9.00. The van der Waals surface area contributed by atoms with Crippen molar-refractivity contribution in [2.75, 3.05) is 0 Å². The number of rotatable bonds is 4. The van der Waals surface area contributed by atoms with Crippen LogP contribution in [0.2, 0.25) is 0 Å². The Morgan fingerprint density at radius 1 is 1.05 bits per heavy atom. The van der Waals surface area contributed by atoms with Gasteiger partial charge in [0, 0.05) is 6.20 Å². The van der Waals surface area contributed by atoms with Gasteiger partial charge in [-0.15, -0.1) is 0 Å². The molecule has 102 valence electrons. The maximum absolute atomic E-state index is 4.63. The van der Waals surface area contributed by atoms with E-state index in [4.69, 9.17) is 0 Å². The van der Waals surface area contributed by atoms with Crippen molar-refractivity contribution in [3.05, 3.63) is 47.8 Å². The third-order valence-electron chi connectivity index (χ3n) is 3.43. The summed E-state index contributed by atoms with van der Waals surface area (Å²) in [6.45, 7) is 8.92. The summed E-state index contributed by atoms with van der Waals surface area (Å²) in [4.78, 5) is 0. The third kappa shape index (κ3) is 3.46. The summed E-state index contributed by atoms with van der Waals surface area (Å²) in [5.74, 6) is 0. The average molecular weight is 256 g/mol. The van der Waals surface area contributed by atoms with E-state index in [9.17, 15) is 0 Å². The SMILES string of the molecule is CCCCc1ccn(-c2ccc(C(C)(C)C)cc2)n1. The van der Waals surface area contributed by atoms with Crippen LogP contribution in [0.5, 0.6) is 0 Å². The Hall–Kier alpha value is -1.57. The molecular formula is C17H24N2. The summed E-state index contributed by atoms with van der Waals surface area (Å²) >= 11 is 0. The molecule has 0 spiro atoms. The molecule has 2 rings (SSSR count). The summed E-state index contributed by atoms with van der Waals surface area (Å²) in [7, 11) is 0. The number of hydrogen-bond donors (Lipinski definition) is 0. The second-order valence-electron chi connectivity index (χ2n) is 6.15. The van der Waals surface area contributed by atoms with E-state index >= 15 is 0 Å². The smallest absolute Gasteiger partial charge is 0.0645 e. The van der Waals surface area contributed by atoms with Crippen LogP contribution in [0.1, 0.15) is 51.8 Å². The number of benzene rings is 1. The zero-order chi connectivity index (χ0) is 13.9. The molecule has 0 aliphatic heterocycles. The molecule has 0 bridgehead atoms. The number of aromatic nitrogens is 2. The molecule has 2 aromatic rings. The minimum Gasteiger partial charge on any atom is -0.241 e. The number of unbranched alkanes of at least 4 members (excludes halogenated alkanes) is 1. The Kier molecular flexibility index (Phi) is 4.08. The third-order valence-corrected chi connectivity index (χ3v) is 3.43. The van der Waals surface area contributed by atoms with E-state index in [1.54, 1.807) is 0 Å². The normalized spacial score (nSPS) is 11.8. The highest BCUT2D eigenvalue weighted by Gasteiger charge is 2.13. The fourth-order valence-corrected chi connectivity index (χ4v) is 2.11. The Morgan fingerprint density at radius 3 is 2.32 bits per heavy atom. The number of hydrogen-bond acceptors (Lipinski definition) is 1.